The van der Waals surface area contributed by atoms with Gasteiger partial charge < -0.3 is 5.11 Å². The molecule has 0 saturated carbocycles. The number of halogens is 1. The van der Waals surface area contributed by atoms with Crippen LogP contribution in [-0.2, 0) is 0 Å². The van der Waals surface area contributed by atoms with Crippen LogP contribution in [0, 0.1) is 12.7 Å². The molecule has 1 N–H and O–H groups in total. The van der Waals surface area contributed by atoms with Crippen LogP contribution in [0.25, 0.3) is 0 Å². The fourth-order valence-corrected chi connectivity index (χ4v) is 0.582. The molecule has 0 aliphatic heterocycles. The van der Waals surface area contributed by atoms with Gasteiger partial charge in [0, 0.05) is 0 Å². The smallest absolute Gasteiger partial charge is 0.432 e. The highest BCUT2D eigenvalue weighted by Crippen LogP contribution is 2.02. The summed E-state index contributed by atoms with van der Waals surface area (Å²) in [4.78, 5) is 10.2. The average Bonchev–Trinajstić information content (AvgIpc) is 2.14. The van der Waals surface area contributed by atoms with E-state index >= 15 is 0 Å². The van der Waals surface area contributed by atoms with Gasteiger partial charge in [0.2, 0.25) is 0 Å². The van der Waals surface area contributed by atoms with Crippen LogP contribution in [0.15, 0.2) is 6.20 Å². The number of carbonyl (C=O) groups is 1. The van der Waals surface area contributed by atoms with Crippen molar-refractivity contribution < 1.29 is 14.3 Å². The second-order valence-electron chi connectivity index (χ2n) is 1.77. The Kier molecular flexibility index (Phi) is 1.41. The first-order valence-corrected chi connectivity index (χ1v) is 2.56. The van der Waals surface area contributed by atoms with E-state index < -0.39 is 11.9 Å². The Morgan fingerprint density at radius 1 is 1.90 bits per heavy atom. The monoisotopic (exact) mass is 144 g/mol. The Morgan fingerprint density at radius 2 is 2.50 bits per heavy atom. The maximum absolute atomic E-state index is 12.4. The van der Waals surface area contributed by atoms with Crippen LogP contribution in [0.4, 0.5) is 9.18 Å². The number of carboxylic acid groups (broad SMARTS) is 1. The van der Waals surface area contributed by atoms with Gasteiger partial charge in [-0.15, -0.1) is 0 Å². The van der Waals surface area contributed by atoms with Crippen molar-refractivity contribution in [2.24, 2.45) is 0 Å². The van der Waals surface area contributed by atoms with Crippen molar-refractivity contribution in [1.82, 2.24) is 9.78 Å². The summed E-state index contributed by atoms with van der Waals surface area (Å²) in [5.74, 6) is -0.609. The van der Waals surface area contributed by atoms with Gasteiger partial charge in [-0.25, -0.2) is 9.18 Å². The molecule has 5 heteroatoms. The number of nitrogens with zero attached hydrogens (tertiary/aromatic N) is 2. The fourth-order valence-electron chi connectivity index (χ4n) is 0.582. The number of aromatic nitrogens is 2. The summed E-state index contributed by atoms with van der Waals surface area (Å²) in [6.45, 7) is 1.34. The number of hydrogen-bond acceptors (Lipinski definition) is 2. The first-order valence-electron chi connectivity index (χ1n) is 2.56. The molecule has 0 radical (unpaired) electrons. The van der Waals surface area contributed by atoms with Crippen LogP contribution < -0.4 is 0 Å². The van der Waals surface area contributed by atoms with E-state index in [0.717, 1.165) is 6.20 Å². The van der Waals surface area contributed by atoms with Gasteiger partial charge >= 0.3 is 6.09 Å². The van der Waals surface area contributed by atoms with Crippen LogP contribution in [0.3, 0.4) is 0 Å². The standard InChI is InChI=1S/C5H5FN2O2/c1-3-4(6)2-7-8(3)5(9)10/h2H,1H3,(H,9,10). The Bertz CT molecular complexity index is 269. The highest BCUT2D eigenvalue weighted by Gasteiger charge is 2.09. The zero-order valence-corrected chi connectivity index (χ0v) is 5.21. The van der Waals surface area contributed by atoms with Crippen LogP contribution in [0.5, 0.6) is 0 Å². The van der Waals surface area contributed by atoms with Gasteiger partial charge in [-0.1, -0.05) is 0 Å². The van der Waals surface area contributed by atoms with E-state index in [4.69, 9.17) is 5.11 Å². The van der Waals surface area contributed by atoms with Crippen molar-refractivity contribution in [2.45, 2.75) is 6.92 Å². The van der Waals surface area contributed by atoms with Crippen LogP contribution in [0.1, 0.15) is 5.69 Å². The summed E-state index contributed by atoms with van der Waals surface area (Å²) in [6, 6.07) is 0. The number of rotatable bonds is 0. The molecule has 0 amide bonds. The maximum atomic E-state index is 12.4. The molecule has 0 aliphatic carbocycles. The lowest BCUT2D eigenvalue weighted by Gasteiger charge is -1.92. The van der Waals surface area contributed by atoms with Crippen molar-refractivity contribution in [3.05, 3.63) is 17.7 Å². The fraction of sp³-hybridized carbons (Fsp3) is 0.200. The van der Waals surface area contributed by atoms with Crippen molar-refractivity contribution in [1.29, 1.82) is 0 Å². The lowest BCUT2D eigenvalue weighted by atomic mass is 10.5. The SMILES string of the molecule is Cc1c(F)cnn1C(=O)O. The van der Waals surface area contributed by atoms with E-state index in [1.807, 2.05) is 0 Å². The molecule has 0 atom stereocenters. The molecule has 10 heavy (non-hydrogen) atoms. The third-order valence-corrected chi connectivity index (χ3v) is 1.13. The largest absolute Gasteiger partial charge is 0.463 e. The third-order valence-electron chi connectivity index (χ3n) is 1.13. The third kappa shape index (κ3) is 0.854. The molecule has 0 bridgehead atoms. The van der Waals surface area contributed by atoms with Gasteiger partial charge in [0.1, 0.15) is 0 Å². The van der Waals surface area contributed by atoms with Gasteiger partial charge in [-0.05, 0) is 6.92 Å². The molecule has 1 rings (SSSR count). The van der Waals surface area contributed by atoms with E-state index in [-0.39, 0.29) is 5.69 Å². The minimum Gasteiger partial charge on any atom is -0.463 e. The highest BCUT2D eigenvalue weighted by molar-refractivity contribution is 5.67. The summed E-state index contributed by atoms with van der Waals surface area (Å²) < 4.78 is 12.9. The molecule has 1 heterocycles. The summed E-state index contributed by atoms with van der Waals surface area (Å²) in [6.07, 6.45) is -0.412. The van der Waals surface area contributed by atoms with E-state index in [1.165, 1.54) is 6.92 Å². The minimum absolute atomic E-state index is 0.00694. The van der Waals surface area contributed by atoms with Gasteiger partial charge in [0.25, 0.3) is 0 Å². The van der Waals surface area contributed by atoms with E-state index in [1.54, 1.807) is 0 Å². The van der Waals surface area contributed by atoms with Gasteiger partial charge in [-0.3, -0.25) is 0 Å². The van der Waals surface area contributed by atoms with E-state index in [2.05, 4.69) is 5.10 Å². The Hall–Kier alpha value is -1.39. The molecule has 4 nitrogen and oxygen atoms in total. The first-order chi connectivity index (χ1) is 4.63. The molecule has 0 aliphatic rings. The molecule has 0 spiro atoms. The molecule has 1 aromatic rings. The second kappa shape index (κ2) is 2.09. The van der Waals surface area contributed by atoms with Gasteiger partial charge in [-0.2, -0.15) is 9.78 Å². The lowest BCUT2D eigenvalue weighted by molar-refractivity contribution is 0.192. The Balaban J connectivity index is 3.17. The van der Waals surface area contributed by atoms with E-state index in [0.29, 0.717) is 4.68 Å². The van der Waals surface area contributed by atoms with Crippen molar-refractivity contribution in [3.8, 4) is 0 Å². The summed E-state index contributed by atoms with van der Waals surface area (Å²) in [5.41, 5.74) is 0.00694. The molecule has 0 aromatic carbocycles. The zero-order valence-electron chi connectivity index (χ0n) is 5.21. The second-order valence-corrected chi connectivity index (χ2v) is 1.77. The summed E-state index contributed by atoms with van der Waals surface area (Å²) in [5, 5.41) is 11.6. The molecule has 1 aromatic heterocycles. The van der Waals surface area contributed by atoms with Gasteiger partial charge in [0.05, 0.1) is 11.9 Å². The normalized spacial score (nSPS) is 9.80. The van der Waals surface area contributed by atoms with Crippen LogP contribution in [-0.4, -0.2) is 21.0 Å². The molecule has 0 fully saturated rings. The summed E-state index contributed by atoms with van der Waals surface area (Å²) in [7, 11) is 0. The predicted octanol–water partition coefficient (Wildman–Crippen LogP) is 0.857. The van der Waals surface area contributed by atoms with Crippen LogP contribution in [0.2, 0.25) is 0 Å². The van der Waals surface area contributed by atoms with Gasteiger partial charge in [0.15, 0.2) is 5.82 Å². The topological polar surface area (TPSA) is 55.1 Å². The quantitative estimate of drug-likeness (QED) is 0.587. The Labute approximate surface area is 55.9 Å². The average molecular weight is 144 g/mol. The molecule has 54 valence electrons. The van der Waals surface area contributed by atoms with Crippen molar-refractivity contribution >= 4 is 6.09 Å². The molecular formula is C5H5FN2O2. The molecular weight excluding hydrogens is 139 g/mol. The molecule has 0 unspecified atom stereocenters. The van der Waals surface area contributed by atoms with E-state index in [9.17, 15) is 9.18 Å². The van der Waals surface area contributed by atoms with Crippen molar-refractivity contribution in [3.63, 3.8) is 0 Å². The summed E-state index contributed by atoms with van der Waals surface area (Å²) >= 11 is 0. The Morgan fingerprint density at radius 3 is 2.70 bits per heavy atom. The minimum atomic E-state index is -1.28. The van der Waals surface area contributed by atoms with Crippen LogP contribution >= 0.6 is 0 Å². The predicted molar refractivity (Wildman–Crippen MR) is 30.3 cm³/mol. The zero-order chi connectivity index (χ0) is 7.72. The molecule has 0 saturated heterocycles. The highest BCUT2D eigenvalue weighted by atomic mass is 19.1. The number of hydrogen-bond donors (Lipinski definition) is 1. The van der Waals surface area contributed by atoms with Crippen molar-refractivity contribution in [2.75, 3.05) is 0 Å². The maximum Gasteiger partial charge on any atom is 0.432 e. The lowest BCUT2D eigenvalue weighted by Crippen LogP contribution is -2.11. The first kappa shape index (κ1) is 6.73.